The van der Waals surface area contributed by atoms with Crippen LogP contribution in [0.2, 0.25) is 0 Å². The summed E-state index contributed by atoms with van der Waals surface area (Å²) in [4.78, 5) is 15.1. The summed E-state index contributed by atoms with van der Waals surface area (Å²) < 4.78 is 6.30. The van der Waals surface area contributed by atoms with E-state index in [1.165, 1.54) is 11.1 Å². The molecule has 0 radical (unpaired) electrons. The summed E-state index contributed by atoms with van der Waals surface area (Å²) >= 11 is 3.47. The first kappa shape index (κ1) is 19.9. The lowest BCUT2D eigenvalue weighted by Gasteiger charge is -2.39. The van der Waals surface area contributed by atoms with E-state index >= 15 is 0 Å². The number of rotatable bonds is 4. The number of nitrogens with zero attached hydrogens (tertiary/aromatic N) is 1. The Morgan fingerprint density at radius 1 is 1.30 bits per heavy atom. The van der Waals surface area contributed by atoms with Gasteiger partial charge in [0.2, 0.25) is 0 Å². The molecule has 144 valence electrons. The SMILES string of the molecule is CCOc1ccc(C(=O)Nc2ccc3c(c2C)CN(C)CC3(C)C)cc1Br. The zero-order chi connectivity index (χ0) is 19.8. The highest BCUT2D eigenvalue weighted by atomic mass is 79.9. The van der Waals surface area contributed by atoms with Crippen LogP contribution < -0.4 is 10.1 Å². The normalized spacial score (nSPS) is 15.9. The maximum atomic E-state index is 12.8. The topological polar surface area (TPSA) is 41.6 Å². The number of amides is 1. The number of carbonyl (C=O) groups is 1. The highest BCUT2D eigenvalue weighted by Gasteiger charge is 2.31. The molecule has 0 unspecified atom stereocenters. The first-order valence-electron chi connectivity index (χ1n) is 9.28. The van der Waals surface area contributed by atoms with Gasteiger partial charge in [0.05, 0.1) is 11.1 Å². The molecule has 0 fully saturated rings. The third kappa shape index (κ3) is 4.04. The molecule has 0 spiro atoms. The Morgan fingerprint density at radius 2 is 2.04 bits per heavy atom. The first-order valence-corrected chi connectivity index (χ1v) is 10.1. The summed E-state index contributed by atoms with van der Waals surface area (Å²) in [5, 5.41) is 3.08. The van der Waals surface area contributed by atoms with Crippen LogP contribution in [0.5, 0.6) is 5.75 Å². The van der Waals surface area contributed by atoms with Crippen molar-refractivity contribution in [2.75, 3.05) is 25.5 Å². The van der Waals surface area contributed by atoms with E-state index in [1.54, 1.807) is 12.1 Å². The summed E-state index contributed by atoms with van der Waals surface area (Å²) in [6, 6.07) is 9.60. The summed E-state index contributed by atoms with van der Waals surface area (Å²) in [7, 11) is 2.15. The van der Waals surface area contributed by atoms with Crippen molar-refractivity contribution in [1.29, 1.82) is 0 Å². The second-order valence-corrected chi connectivity index (χ2v) is 8.71. The zero-order valence-electron chi connectivity index (χ0n) is 16.6. The average molecular weight is 431 g/mol. The van der Waals surface area contributed by atoms with Crippen LogP contribution in [0.3, 0.4) is 0 Å². The van der Waals surface area contributed by atoms with Gasteiger partial charge in [-0.3, -0.25) is 4.79 Å². The molecule has 1 N–H and O–H groups in total. The number of hydrogen-bond donors (Lipinski definition) is 1. The summed E-state index contributed by atoms with van der Waals surface area (Å²) in [6.07, 6.45) is 0. The largest absolute Gasteiger partial charge is 0.493 e. The average Bonchev–Trinajstić information content (AvgIpc) is 2.59. The fraction of sp³-hybridized carbons (Fsp3) is 0.409. The van der Waals surface area contributed by atoms with Gasteiger partial charge in [0.1, 0.15) is 5.75 Å². The van der Waals surface area contributed by atoms with Crippen molar-refractivity contribution in [1.82, 2.24) is 4.90 Å². The molecule has 0 saturated heterocycles. The fourth-order valence-corrected chi connectivity index (χ4v) is 4.42. The van der Waals surface area contributed by atoms with E-state index in [0.29, 0.717) is 12.2 Å². The monoisotopic (exact) mass is 430 g/mol. The third-order valence-corrected chi connectivity index (χ3v) is 5.78. The standard InChI is InChI=1S/C22H27BrN2O2/c1-6-27-20-10-7-15(11-18(20)23)21(26)24-19-9-8-17-16(14(19)2)12-25(5)13-22(17,3)4/h7-11H,6,12-13H2,1-5H3,(H,24,26). The van der Waals surface area contributed by atoms with Crippen molar-refractivity contribution in [2.24, 2.45) is 0 Å². The van der Waals surface area contributed by atoms with Gasteiger partial charge in [0.15, 0.2) is 0 Å². The Balaban J connectivity index is 1.87. The molecule has 3 rings (SSSR count). The summed E-state index contributed by atoms with van der Waals surface area (Å²) in [5.74, 6) is 0.620. The van der Waals surface area contributed by atoms with Gasteiger partial charge in [0, 0.05) is 29.8 Å². The lowest BCUT2D eigenvalue weighted by molar-refractivity contribution is 0.102. The highest BCUT2D eigenvalue weighted by Crippen LogP contribution is 2.37. The first-order chi connectivity index (χ1) is 12.7. The predicted molar refractivity (Wildman–Crippen MR) is 114 cm³/mol. The van der Waals surface area contributed by atoms with Gasteiger partial charge in [-0.05, 0) is 77.8 Å². The molecule has 2 aromatic rings. The van der Waals surface area contributed by atoms with Gasteiger partial charge >= 0.3 is 0 Å². The molecular weight excluding hydrogens is 404 g/mol. The van der Waals surface area contributed by atoms with Crippen LogP contribution in [0.4, 0.5) is 5.69 Å². The Labute approximate surface area is 170 Å². The molecule has 5 heteroatoms. The molecule has 0 atom stereocenters. The fourth-order valence-electron chi connectivity index (χ4n) is 3.92. The van der Waals surface area contributed by atoms with E-state index in [2.05, 4.69) is 60.0 Å². The van der Waals surface area contributed by atoms with E-state index in [9.17, 15) is 4.79 Å². The van der Waals surface area contributed by atoms with Crippen molar-refractivity contribution in [2.45, 2.75) is 39.7 Å². The summed E-state index contributed by atoms with van der Waals surface area (Å²) in [5.41, 5.74) is 5.41. The molecular formula is C22H27BrN2O2. The van der Waals surface area contributed by atoms with Crippen LogP contribution >= 0.6 is 15.9 Å². The molecule has 0 aliphatic carbocycles. The molecule has 1 aliphatic heterocycles. The van der Waals surface area contributed by atoms with Gasteiger partial charge in [-0.15, -0.1) is 0 Å². The number of nitrogens with one attached hydrogen (secondary N) is 1. The molecule has 0 saturated carbocycles. The molecule has 1 amide bonds. The lowest BCUT2D eigenvalue weighted by atomic mass is 9.77. The highest BCUT2D eigenvalue weighted by molar-refractivity contribution is 9.10. The predicted octanol–water partition coefficient (Wildman–Crippen LogP) is 5.13. The molecule has 27 heavy (non-hydrogen) atoms. The zero-order valence-corrected chi connectivity index (χ0v) is 18.2. The Morgan fingerprint density at radius 3 is 2.70 bits per heavy atom. The van der Waals surface area contributed by atoms with E-state index < -0.39 is 0 Å². The van der Waals surface area contributed by atoms with Crippen LogP contribution in [-0.4, -0.2) is 31.0 Å². The van der Waals surface area contributed by atoms with E-state index in [-0.39, 0.29) is 11.3 Å². The Kier molecular flexibility index (Phi) is 5.63. The Hall–Kier alpha value is -1.85. The third-order valence-electron chi connectivity index (χ3n) is 5.16. The number of carbonyl (C=O) groups excluding carboxylic acids is 1. The van der Waals surface area contributed by atoms with Crippen LogP contribution in [0.1, 0.15) is 47.8 Å². The minimum Gasteiger partial charge on any atom is -0.493 e. The van der Waals surface area contributed by atoms with Crippen LogP contribution in [0.15, 0.2) is 34.8 Å². The van der Waals surface area contributed by atoms with Crippen molar-refractivity contribution >= 4 is 27.5 Å². The number of likely N-dealkylation sites (N-methyl/N-ethyl adjacent to an activating group) is 1. The van der Waals surface area contributed by atoms with Crippen molar-refractivity contribution in [3.63, 3.8) is 0 Å². The smallest absolute Gasteiger partial charge is 0.255 e. The molecule has 2 aromatic carbocycles. The number of ether oxygens (including phenoxy) is 1. The molecule has 1 aliphatic rings. The van der Waals surface area contributed by atoms with Crippen LogP contribution in [0.25, 0.3) is 0 Å². The second-order valence-electron chi connectivity index (χ2n) is 7.85. The molecule has 4 nitrogen and oxygen atoms in total. The van der Waals surface area contributed by atoms with E-state index in [1.807, 2.05) is 19.1 Å². The molecule has 0 aromatic heterocycles. The quantitative estimate of drug-likeness (QED) is 0.730. The lowest BCUT2D eigenvalue weighted by Crippen LogP contribution is -2.40. The van der Waals surface area contributed by atoms with Crippen LogP contribution in [0, 0.1) is 6.92 Å². The van der Waals surface area contributed by atoms with Crippen LogP contribution in [-0.2, 0) is 12.0 Å². The number of anilines is 1. The van der Waals surface area contributed by atoms with Crippen molar-refractivity contribution in [3.05, 3.63) is 57.1 Å². The van der Waals surface area contributed by atoms with Gasteiger partial charge in [-0.2, -0.15) is 0 Å². The van der Waals surface area contributed by atoms with Crippen molar-refractivity contribution in [3.8, 4) is 5.75 Å². The van der Waals surface area contributed by atoms with E-state index in [0.717, 1.165) is 34.6 Å². The molecule has 0 bridgehead atoms. The summed E-state index contributed by atoms with van der Waals surface area (Å²) in [6.45, 7) is 11.1. The van der Waals surface area contributed by atoms with Gasteiger partial charge in [0.25, 0.3) is 5.91 Å². The van der Waals surface area contributed by atoms with Gasteiger partial charge in [-0.1, -0.05) is 19.9 Å². The molecule has 1 heterocycles. The maximum Gasteiger partial charge on any atom is 0.255 e. The minimum atomic E-state index is -0.120. The van der Waals surface area contributed by atoms with Crippen molar-refractivity contribution < 1.29 is 9.53 Å². The number of hydrogen-bond acceptors (Lipinski definition) is 3. The van der Waals surface area contributed by atoms with E-state index in [4.69, 9.17) is 4.74 Å². The Bertz CT molecular complexity index is 877. The minimum absolute atomic E-state index is 0.107. The second kappa shape index (κ2) is 7.64. The maximum absolute atomic E-state index is 12.8. The number of benzene rings is 2. The van der Waals surface area contributed by atoms with Gasteiger partial charge in [-0.25, -0.2) is 0 Å². The van der Waals surface area contributed by atoms with Gasteiger partial charge < -0.3 is 15.0 Å². The number of fused-ring (bicyclic) bond motifs is 1. The number of halogens is 1.